The van der Waals surface area contributed by atoms with E-state index in [9.17, 15) is 9.18 Å². The third kappa shape index (κ3) is 4.31. The van der Waals surface area contributed by atoms with Gasteiger partial charge in [-0.15, -0.1) is 0 Å². The summed E-state index contributed by atoms with van der Waals surface area (Å²) in [6.07, 6.45) is 3.35. The minimum Gasteiger partial charge on any atom is -0.339 e. The van der Waals surface area contributed by atoms with E-state index in [0.717, 1.165) is 24.8 Å². The number of carbonyl (C=O) groups excluding carboxylic acids is 1. The van der Waals surface area contributed by atoms with Crippen molar-refractivity contribution >= 4 is 5.91 Å². The topological polar surface area (TPSA) is 46.3 Å². The lowest BCUT2D eigenvalue weighted by Gasteiger charge is -2.23. The van der Waals surface area contributed by atoms with Crippen molar-refractivity contribution in [3.63, 3.8) is 0 Å². The zero-order chi connectivity index (χ0) is 13.8. The Morgan fingerprint density at radius 2 is 2.05 bits per heavy atom. The van der Waals surface area contributed by atoms with Crippen LogP contribution in [-0.2, 0) is 11.2 Å². The first-order chi connectivity index (χ1) is 9.06. The van der Waals surface area contributed by atoms with Gasteiger partial charge < -0.3 is 10.6 Å². The zero-order valence-corrected chi connectivity index (χ0v) is 11.3. The van der Waals surface area contributed by atoms with Crippen LogP contribution in [0.15, 0.2) is 24.3 Å². The van der Waals surface area contributed by atoms with Crippen LogP contribution in [0.25, 0.3) is 0 Å². The number of rotatable bonds is 6. The van der Waals surface area contributed by atoms with E-state index in [0.29, 0.717) is 19.0 Å². The molecule has 0 heterocycles. The fourth-order valence-electron chi connectivity index (χ4n) is 2.19. The van der Waals surface area contributed by atoms with E-state index in [1.165, 1.54) is 12.1 Å². The van der Waals surface area contributed by atoms with Crippen molar-refractivity contribution in [3.05, 3.63) is 35.6 Å². The van der Waals surface area contributed by atoms with Gasteiger partial charge in [0.25, 0.3) is 0 Å². The summed E-state index contributed by atoms with van der Waals surface area (Å²) in [6, 6.07) is 6.76. The van der Waals surface area contributed by atoms with Gasteiger partial charge in [0.1, 0.15) is 5.82 Å². The van der Waals surface area contributed by atoms with Crippen LogP contribution >= 0.6 is 0 Å². The first kappa shape index (κ1) is 14.0. The van der Waals surface area contributed by atoms with Crippen molar-refractivity contribution in [1.29, 1.82) is 0 Å². The van der Waals surface area contributed by atoms with Crippen molar-refractivity contribution in [2.24, 2.45) is 5.73 Å². The standard InChI is InChI=1S/C15H21FN2O/c1-11(17)10-15(19)18(14-6-7-14)9-8-12-2-4-13(16)5-3-12/h2-5,11,14H,6-10,17H2,1H3. The second kappa shape index (κ2) is 6.15. The SMILES string of the molecule is CC(N)CC(=O)N(CCc1ccc(F)cc1)C1CC1. The quantitative estimate of drug-likeness (QED) is 0.855. The zero-order valence-electron chi connectivity index (χ0n) is 11.3. The maximum absolute atomic E-state index is 12.8. The molecule has 0 aromatic heterocycles. The van der Waals surface area contributed by atoms with Crippen LogP contribution in [-0.4, -0.2) is 29.4 Å². The van der Waals surface area contributed by atoms with Gasteiger partial charge in [0.15, 0.2) is 0 Å². The third-order valence-corrected chi connectivity index (χ3v) is 3.36. The van der Waals surface area contributed by atoms with Crippen molar-refractivity contribution in [1.82, 2.24) is 4.90 Å². The minimum absolute atomic E-state index is 0.0976. The van der Waals surface area contributed by atoms with Gasteiger partial charge in [0.05, 0.1) is 0 Å². The molecule has 1 aliphatic carbocycles. The molecule has 1 aliphatic rings. The summed E-state index contributed by atoms with van der Waals surface area (Å²) in [5.74, 6) is -0.0876. The number of halogens is 1. The smallest absolute Gasteiger partial charge is 0.224 e. The Bertz CT molecular complexity index is 426. The van der Waals surface area contributed by atoms with E-state index >= 15 is 0 Å². The molecule has 19 heavy (non-hydrogen) atoms. The monoisotopic (exact) mass is 264 g/mol. The molecule has 104 valence electrons. The van der Waals surface area contributed by atoms with Crippen LogP contribution in [0.5, 0.6) is 0 Å². The second-order valence-electron chi connectivity index (χ2n) is 5.38. The largest absolute Gasteiger partial charge is 0.339 e. The number of benzene rings is 1. The molecule has 0 bridgehead atoms. The molecular formula is C15H21FN2O. The highest BCUT2D eigenvalue weighted by Gasteiger charge is 2.32. The molecule has 0 spiro atoms. The summed E-state index contributed by atoms with van der Waals surface area (Å²) in [6.45, 7) is 2.55. The van der Waals surface area contributed by atoms with Gasteiger partial charge in [0, 0.05) is 25.0 Å². The lowest BCUT2D eigenvalue weighted by Crippen LogP contribution is -2.37. The maximum atomic E-state index is 12.8. The number of amides is 1. The van der Waals surface area contributed by atoms with E-state index in [2.05, 4.69) is 0 Å². The van der Waals surface area contributed by atoms with E-state index in [1.807, 2.05) is 11.8 Å². The summed E-state index contributed by atoms with van der Waals surface area (Å²) < 4.78 is 12.8. The Balaban J connectivity index is 1.90. The van der Waals surface area contributed by atoms with Gasteiger partial charge in [-0.3, -0.25) is 4.79 Å². The average Bonchev–Trinajstić information content (AvgIpc) is 3.15. The number of nitrogens with two attached hydrogens (primary N) is 1. The molecule has 0 radical (unpaired) electrons. The molecule has 1 aromatic carbocycles. The average molecular weight is 264 g/mol. The van der Waals surface area contributed by atoms with Gasteiger partial charge in [-0.05, 0) is 43.9 Å². The summed E-state index contributed by atoms with van der Waals surface area (Å²) in [5.41, 5.74) is 6.74. The Hall–Kier alpha value is -1.42. The van der Waals surface area contributed by atoms with Crippen LogP contribution in [0, 0.1) is 5.82 Å². The van der Waals surface area contributed by atoms with Crippen LogP contribution in [0.1, 0.15) is 31.7 Å². The second-order valence-corrected chi connectivity index (χ2v) is 5.38. The molecule has 1 aromatic rings. The number of carbonyl (C=O) groups is 1. The Morgan fingerprint density at radius 1 is 1.42 bits per heavy atom. The molecular weight excluding hydrogens is 243 g/mol. The molecule has 1 saturated carbocycles. The van der Waals surface area contributed by atoms with Gasteiger partial charge in [-0.1, -0.05) is 12.1 Å². The van der Waals surface area contributed by atoms with Crippen molar-refractivity contribution < 1.29 is 9.18 Å². The van der Waals surface area contributed by atoms with E-state index in [4.69, 9.17) is 5.73 Å². The van der Waals surface area contributed by atoms with E-state index < -0.39 is 0 Å². The molecule has 2 rings (SSSR count). The fourth-order valence-corrected chi connectivity index (χ4v) is 2.19. The molecule has 3 nitrogen and oxygen atoms in total. The van der Waals surface area contributed by atoms with Crippen LogP contribution in [0.2, 0.25) is 0 Å². The van der Waals surface area contributed by atoms with Crippen LogP contribution in [0.3, 0.4) is 0 Å². The normalized spacial score (nSPS) is 16.2. The Morgan fingerprint density at radius 3 is 2.58 bits per heavy atom. The van der Waals surface area contributed by atoms with Gasteiger partial charge >= 0.3 is 0 Å². The predicted octanol–water partition coefficient (Wildman–Crippen LogP) is 2.10. The molecule has 0 aliphatic heterocycles. The van der Waals surface area contributed by atoms with Gasteiger partial charge in [-0.2, -0.15) is 0 Å². The summed E-state index contributed by atoms with van der Waals surface area (Å²) >= 11 is 0. The number of hydrogen-bond donors (Lipinski definition) is 1. The molecule has 4 heteroatoms. The lowest BCUT2D eigenvalue weighted by molar-refractivity contribution is -0.132. The fraction of sp³-hybridized carbons (Fsp3) is 0.533. The molecule has 1 unspecified atom stereocenters. The molecule has 1 amide bonds. The van der Waals surface area contributed by atoms with Gasteiger partial charge in [-0.25, -0.2) is 4.39 Å². The highest BCUT2D eigenvalue weighted by Crippen LogP contribution is 2.27. The predicted molar refractivity (Wildman–Crippen MR) is 73.1 cm³/mol. The molecule has 2 N–H and O–H groups in total. The maximum Gasteiger partial charge on any atom is 0.224 e. The highest BCUT2D eigenvalue weighted by atomic mass is 19.1. The Labute approximate surface area is 113 Å². The van der Waals surface area contributed by atoms with E-state index in [-0.39, 0.29) is 17.8 Å². The minimum atomic E-state index is -0.226. The number of hydrogen-bond acceptors (Lipinski definition) is 2. The van der Waals surface area contributed by atoms with Crippen molar-refractivity contribution in [2.45, 2.75) is 44.7 Å². The number of nitrogens with zero attached hydrogens (tertiary/aromatic N) is 1. The molecule has 1 fully saturated rings. The molecule has 0 saturated heterocycles. The summed E-state index contributed by atoms with van der Waals surface area (Å²) in [7, 11) is 0. The van der Waals surface area contributed by atoms with Crippen molar-refractivity contribution in [2.75, 3.05) is 6.54 Å². The van der Waals surface area contributed by atoms with Crippen molar-refractivity contribution in [3.8, 4) is 0 Å². The third-order valence-electron chi connectivity index (χ3n) is 3.36. The summed E-state index contributed by atoms with van der Waals surface area (Å²) in [5, 5.41) is 0. The van der Waals surface area contributed by atoms with Gasteiger partial charge in [0.2, 0.25) is 5.91 Å². The highest BCUT2D eigenvalue weighted by molar-refractivity contribution is 5.77. The first-order valence-electron chi connectivity index (χ1n) is 6.86. The van der Waals surface area contributed by atoms with Crippen LogP contribution < -0.4 is 5.73 Å². The van der Waals surface area contributed by atoms with Crippen LogP contribution in [0.4, 0.5) is 4.39 Å². The Kier molecular flexibility index (Phi) is 4.53. The lowest BCUT2D eigenvalue weighted by atomic mass is 10.1. The summed E-state index contributed by atoms with van der Waals surface area (Å²) in [4.78, 5) is 14.0. The van der Waals surface area contributed by atoms with E-state index in [1.54, 1.807) is 12.1 Å². The molecule has 1 atom stereocenters. The first-order valence-corrected chi connectivity index (χ1v) is 6.86.